The Morgan fingerprint density at radius 1 is 1.29 bits per heavy atom. The van der Waals surface area contributed by atoms with Crippen molar-refractivity contribution in [1.29, 1.82) is 0 Å². The molecule has 2 heteroatoms. The van der Waals surface area contributed by atoms with Crippen molar-refractivity contribution in [3.63, 3.8) is 0 Å². The third kappa shape index (κ3) is 3.32. The largest absolute Gasteiger partial charge is 0.309 e. The van der Waals surface area contributed by atoms with Gasteiger partial charge in [-0.2, -0.15) is 0 Å². The van der Waals surface area contributed by atoms with Gasteiger partial charge in [0.25, 0.3) is 0 Å². The lowest BCUT2D eigenvalue weighted by Gasteiger charge is -2.33. The van der Waals surface area contributed by atoms with Crippen molar-refractivity contribution in [1.82, 2.24) is 5.32 Å². The van der Waals surface area contributed by atoms with Crippen molar-refractivity contribution < 1.29 is 0 Å². The van der Waals surface area contributed by atoms with Gasteiger partial charge in [0.2, 0.25) is 0 Å². The average molecular weight is 251 g/mol. The number of thiophene rings is 1. The van der Waals surface area contributed by atoms with Crippen LogP contribution in [0.25, 0.3) is 0 Å². The predicted molar refractivity (Wildman–Crippen MR) is 76.6 cm³/mol. The van der Waals surface area contributed by atoms with E-state index in [0.29, 0.717) is 0 Å². The summed E-state index contributed by atoms with van der Waals surface area (Å²) in [6, 6.07) is 3.07. The Labute approximate surface area is 110 Å². The van der Waals surface area contributed by atoms with E-state index < -0.39 is 0 Å². The lowest BCUT2D eigenvalue weighted by molar-refractivity contribution is 0.227. The number of hydrogen-bond donors (Lipinski definition) is 1. The topological polar surface area (TPSA) is 12.0 Å². The highest BCUT2D eigenvalue weighted by Gasteiger charge is 2.24. The first kappa shape index (κ1) is 13.1. The molecule has 3 unspecified atom stereocenters. The Bertz CT molecular complexity index is 349. The normalized spacial score (nSPS) is 29.5. The minimum Gasteiger partial charge on any atom is -0.309 e. The molecule has 3 atom stereocenters. The van der Waals surface area contributed by atoms with Crippen LogP contribution in [-0.4, -0.2) is 6.04 Å². The van der Waals surface area contributed by atoms with Crippen molar-refractivity contribution in [3.8, 4) is 0 Å². The molecule has 1 N–H and O–H groups in total. The van der Waals surface area contributed by atoms with Gasteiger partial charge in [-0.25, -0.2) is 0 Å². The number of rotatable bonds is 3. The molecule has 0 saturated heterocycles. The monoisotopic (exact) mass is 251 g/mol. The Morgan fingerprint density at radius 3 is 2.65 bits per heavy atom. The molecule has 1 saturated carbocycles. The van der Waals surface area contributed by atoms with E-state index in [1.807, 2.05) is 11.3 Å². The predicted octanol–water partition coefficient (Wildman–Crippen LogP) is 4.28. The van der Waals surface area contributed by atoms with Crippen molar-refractivity contribution >= 4 is 11.3 Å². The summed E-state index contributed by atoms with van der Waals surface area (Å²) >= 11 is 1.94. The maximum absolute atomic E-state index is 3.76. The molecule has 96 valence electrons. The van der Waals surface area contributed by atoms with Crippen LogP contribution in [0.4, 0.5) is 0 Å². The van der Waals surface area contributed by atoms with E-state index in [2.05, 4.69) is 39.1 Å². The maximum atomic E-state index is 3.76. The Kier molecular flexibility index (Phi) is 4.26. The van der Waals surface area contributed by atoms with Gasteiger partial charge in [-0.05, 0) is 56.6 Å². The second kappa shape index (κ2) is 5.53. The summed E-state index contributed by atoms with van der Waals surface area (Å²) in [7, 11) is 0. The van der Waals surface area contributed by atoms with E-state index in [0.717, 1.165) is 24.4 Å². The van der Waals surface area contributed by atoms with Gasteiger partial charge in [-0.1, -0.05) is 13.8 Å². The summed E-state index contributed by atoms with van der Waals surface area (Å²) in [5.74, 6) is 1.76. The number of nitrogens with one attached hydrogen (secondary N) is 1. The molecule has 0 aliphatic heterocycles. The maximum Gasteiger partial charge on any atom is 0.0302 e. The number of aryl methyl sites for hydroxylation is 2. The first-order chi connectivity index (χ1) is 8.06. The van der Waals surface area contributed by atoms with E-state index in [-0.39, 0.29) is 0 Å². The molecule has 0 aromatic carbocycles. The van der Waals surface area contributed by atoms with Crippen LogP contribution in [0.1, 0.15) is 48.4 Å². The van der Waals surface area contributed by atoms with Gasteiger partial charge in [0.05, 0.1) is 0 Å². The van der Waals surface area contributed by atoms with Crippen LogP contribution in [0.2, 0.25) is 0 Å². The van der Waals surface area contributed by atoms with Gasteiger partial charge in [-0.3, -0.25) is 0 Å². The van der Waals surface area contributed by atoms with Gasteiger partial charge < -0.3 is 5.32 Å². The van der Waals surface area contributed by atoms with Gasteiger partial charge >= 0.3 is 0 Å². The summed E-state index contributed by atoms with van der Waals surface area (Å²) in [6.07, 6.45) is 4.14. The van der Waals surface area contributed by atoms with Crippen LogP contribution < -0.4 is 5.32 Å². The van der Waals surface area contributed by atoms with Crippen LogP contribution in [-0.2, 0) is 6.54 Å². The zero-order valence-corrected chi connectivity index (χ0v) is 12.4. The molecule has 1 heterocycles. The van der Waals surface area contributed by atoms with Crippen LogP contribution in [0.15, 0.2) is 6.07 Å². The molecule has 1 aliphatic rings. The number of hydrogen-bond acceptors (Lipinski definition) is 2. The first-order valence-corrected chi connectivity index (χ1v) is 7.67. The Balaban J connectivity index is 1.85. The lowest BCUT2D eigenvalue weighted by Crippen LogP contribution is -2.38. The minimum atomic E-state index is 0.730. The van der Waals surface area contributed by atoms with Crippen LogP contribution >= 0.6 is 11.3 Å². The standard InChI is InChI=1S/C15H25NS/c1-10-5-6-15(12(3)7-10)16-9-14-8-11(2)13(4)17-14/h8,10,12,15-16H,5-7,9H2,1-4H3. The molecule has 0 spiro atoms. The highest BCUT2D eigenvalue weighted by molar-refractivity contribution is 7.12. The quantitative estimate of drug-likeness (QED) is 0.845. The van der Waals surface area contributed by atoms with Crippen LogP contribution in [0.3, 0.4) is 0 Å². The van der Waals surface area contributed by atoms with Gasteiger partial charge in [-0.15, -0.1) is 11.3 Å². The smallest absolute Gasteiger partial charge is 0.0302 e. The van der Waals surface area contributed by atoms with Gasteiger partial charge in [0.1, 0.15) is 0 Å². The molecule has 1 aromatic rings. The second-order valence-electron chi connectivity index (χ2n) is 5.83. The molecular formula is C15H25NS. The molecular weight excluding hydrogens is 226 g/mol. The summed E-state index contributed by atoms with van der Waals surface area (Å²) in [5, 5.41) is 3.76. The molecule has 1 aliphatic carbocycles. The third-order valence-electron chi connectivity index (χ3n) is 4.19. The Hall–Kier alpha value is -0.340. The fourth-order valence-electron chi connectivity index (χ4n) is 2.94. The van der Waals surface area contributed by atoms with Gasteiger partial charge in [0.15, 0.2) is 0 Å². The molecule has 0 bridgehead atoms. The fourth-order valence-corrected chi connectivity index (χ4v) is 3.94. The molecule has 17 heavy (non-hydrogen) atoms. The zero-order chi connectivity index (χ0) is 12.4. The van der Waals surface area contributed by atoms with E-state index in [1.165, 1.54) is 34.6 Å². The molecule has 1 nitrogen and oxygen atoms in total. The van der Waals surface area contributed by atoms with Crippen LogP contribution in [0.5, 0.6) is 0 Å². The summed E-state index contributed by atoms with van der Waals surface area (Å²) in [5.41, 5.74) is 1.44. The zero-order valence-electron chi connectivity index (χ0n) is 11.5. The molecule has 1 fully saturated rings. The lowest BCUT2D eigenvalue weighted by atomic mass is 9.80. The Morgan fingerprint density at radius 2 is 2.06 bits per heavy atom. The fraction of sp³-hybridized carbons (Fsp3) is 0.733. The summed E-state index contributed by atoms with van der Waals surface area (Å²) < 4.78 is 0. The highest BCUT2D eigenvalue weighted by Crippen LogP contribution is 2.29. The third-order valence-corrected chi connectivity index (χ3v) is 5.34. The molecule has 0 radical (unpaired) electrons. The second-order valence-corrected chi connectivity index (χ2v) is 7.18. The first-order valence-electron chi connectivity index (χ1n) is 6.85. The van der Waals surface area contributed by atoms with Crippen molar-refractivity contribution in [3.05, 3.63) is 21.4 Å². The molecule has 0 amide bonds. The highest BCUT2D eigenvalue weighted by atomic mass is 32.1. The van der Waals surface area contributed by atoms with E-state index in [1.54, 1.807) is 0 Å². The summed E-state index contributed by atoms with van der Waals surface area (Å²) in [6.45, 7) is 10.3. The van der Waals surface area contributed by atoms with Crippen molar-refractivity contribution in [2.24, 2.45) is 11.8 Å². The van der Waals surface area contributed by atoms with Crippen molar-refractivity contribution in [2.45, 2.75) is 59.5 Å². The van der Waals surface area contributed by atoms with Gasteiger partial charge in [0, 0.05) is 22.3 Å². The average Bonchev–Trinajstić information content (AvgIpc) is 2.57. The van der Waals surface area contributed by atoms with Crippen molar-refractivity contribution in [2.75, 3.05) is 0 Å². The molecule has 1 aromatic heterocycles. The van der Waals surface area contributed by atoms with E-state index in [9.17, 15) is 0 Å². The minimum absolute atomic E-state index is 0.730. The summed E-state index contributed by atoms with van der Waals surface area (Å²) in [4.78, 5) is 2.96. The van der Waals surface area contributed by atoms with Crippen LogP contribution in [0, 0.1) is 25.7 Å². The van der Waals surface area contributed by atoms with E-state index in [4.69, 9.17) is 0 Å². The van der Waals surface area contributed by atoms with E-state index >= 15 is 0 Å². The molecule has 2 rings (SSSR count). The SMILES string of the molecule is Cc1cc(CNC2CCC(C)CC2C)sc1C.